The van der Waals surface area contributed by atoms with E-state index in [1.54, 1.807) is 12.1 Å². The average Bonchev–Trinajstić information content (AvgIpc) is 2.77. The van der Waals surface area contributed by atoms with Crippen LogP contribution in [0.5, 0.6) is 0 Å². The number of sulfone groups is 1. The van der Waals surface area contributed by atoms with E-state index in [4.69, 9.17) is 20.8 Å². The minimum Gasteiger partial charge on any atom is -0.439 e. The van der Waals surface area contributed by atoms with Gasteiger partial charge in [0.05, 0.1) is 24.0 Å². The molecule has 5 nitrogen and oxygen atoms in total. The molecule has 1 aromatic carbocycles. The number of benzene rings is 1. The summed E-state index contributed by atoms with van der Waals surface area (Å²) < 4.78 is 36.2. The van der Waals surface area contributed by atoms with Crippen molar-refractivity contribution in [2.75, 3.05) is 19.0 Å². The second kappa shape index (κ2) is 5.22. The molecule has 0 unspecified atom stereocenters. The maximum atomic E-state index is 12.7. The molecule has 0 bridgehead atoms. The Labute approximate surface area is 134 Å². The van der Waals surface area contributed by atoms with E-state index >= 15 is 0 Å². The molecule has 22 heavy (non-hydrogen) atoms. The third-order valence-electron chi connectivity index (χ3n) is 3.58. The topological polar surface area (TPSA) is 69.4 Å². The Kier molecular flexibility index (Phi) is 3.74. The van der Waals surface area contributed by atoms with Crippen molar-refractivity contribution in [2.24, 2.45) is 5.92 Å². The molecule has 0 atom stereocenters. The van der Waals surface area contributed by atoms with Crippen LogP contribution in [0.25, 0.3) is 11.1 Å². The van der Waals surface area contributed by atoms with E-state index in [-0.39, 0.29) is 32.6 Å². The van der Waals surface area contributed by atoms with E-state index in [0.717, 1.165) is 0 Å². The highest BCUT2D eigenvalue weighted by Gasteiger charge is 2.32. The lowest BCUT2D eigenvalue weighted by molar-refractivity contribution is -0.0204. The van der Waals surface area contributed by atoms with E-state index in [1.807, 2.05) is 20.8 Å². The van der Waals surface area contributed by atoms with Crippen LogP contribution in [0.3, 0.4) is 0 Å². The monoisotopic (exact) mass is 343 g/mol. The first kappa shape index (κ1) is 15.8. The summed E-state index contributed by atoms with van der Waals surface area (Å²) in [5, 5.41) is 0.171. The van der Waals surface area contributed by atoms with E-state index in [1.165, 1.54) is 0 Å². The normalized spacial score (nSPS) is 16.9. The fraction of sp³-hybridized carbons (Fsp3) is 0.533. The van der Waals surface area contributed by atoms with Gasteiger partial charge >= 0.3 is 0 Å². The van der Waals surface area contributed by atoms with Gasteiger partial charge in [-0.25, -0.2) is 13.4 Å². The van der Waals surface area contributed by atoms with Crippen molar-refractivity contribution in [3.05, 3.63) is 23.0 Å². The molecule has 0 aliphatic carbocycles. The smallest absolute Gasteiger partial charge is 0.200 e. The van der Waals surface area contributed by atoms with Crippen LogP contribution in [-0.2, 0) is 20.0 Å². The Hall–Kier alpha value is -1.11. The molecule has 0 radical (unpaired) electrons. The SMILES string of the molecule is CC(C)(C)c1nc2ccc(Cl)c(S(=O)(=O)CC3COC3)c2o1. The van der Waals surface area contributed by atoms with E-state index < -0.39 is 9.84 Å². The average molecular weight is 344 g/mol. The molecule has 0 amide bonds. The van der Waals surface area contributed by atoms with Crippen molar-refractivity contribution < 1.29 is 17.6 Å². The van der Waals surface area contributed by atoms with Gasteiger partial charge in [-0.1, -0.05) is 32.4 Å². The van der Waals surface area contributed by atoms with Gasteiger partial charge in [-0.15, -0.1) is 0 Å². The van der Waals surface area contributed by atoms with Gasteiger partial charge in [0.25, 0.3) is 0 Å². The zero-order valence-electron chi connectivity index (χ0n) is 12.7. The number of nitrogens with zero attached hydrogens (tertiary/aromatic N) is 1. The third-order valence-corrected chi connectivity index (χ3v) is 5.94. The summed E-state index contributed by atoms with van der Waals surface area (Å²) >= 11 is 6.16. The fourth-order valence-corrected chi connectivity index (χ4v) is 4.60. The highest BCUT2D eigenvalue weighted by Crippen LogP contribution is 2.35. The van der Waals surface area contributed by atoms with Crippen LogP contribution in [0.4, 0.5) is 0 Å². The van der Waals surface area contributed by atoms with Gasteiger partial charge in [0, 0.05) is 11.3 Å². The Balaban J connectivity index is 2.15. The Bertz CT molecular complexity index is 816. The summed E-state index contributed by atoms with van der Waals surface area (Å²) in [4.78, 5) is 4.44. The largest absolute Gasteiger partial charge is 0.439 e. The minimum absolute atomic E-state index is 0.0113. The molecular weight excluding hydrogens is 326 g/mol. The third kappa shape index (κ3) is 2.75. The Morgan fingerprint density at radius 2 is 2.00 bits per heavy atom. The van der Waals surface area contributed by atoms with Gasteiger partial charge in [-0.2, -0.15) is 0 Å². The molecule has 3 rings (SSSR count). The molecule has 1 fully saturated rings. The Morgan fingerprint density at radius 1 is 1.32 bits per heavy atom. The second-order valence-corrected chi connectivity index (χ2v) is 9.06. The van der Waals surface area contributed by atoms with Crippen LogP contribution in [0, 0.1) is 5.92 Å². The lowest BCUT2D eigenvalue weighted by Crippen LogP contribution is -2.33. The highest BCUT2D eigenvalue weighted by molar-refractivity contribution is 7.91. The molecule has 0 spiro atoms. The van der Waals surface area contributed by atoms with Gasteiger partial charge in [-0.05, 0) is 12.1 Å². The highest BCUT2D eigenvalue weighted by atomic mass is 35.5. The molecule has 1 saturated heterocycles. The van der Waals surface area contributed by atoms with E-state index in [9.17, 15) is 8.42 Å². The number of hydrogen-bond donors (Lipinski definition) is 0. The fourth-order valence-electron chi connectivity index (χ4n) is 2.33. The van der Waals surface area contributed by atoms with Gasteiger partial charge in [0.1, 0.15) is 10.4 Å². The summed E-state index contributed by atoms with van der Waals surface area (Å²) in [5.74, 6) is 0.520. The molecule has 2 aromatic rings. The summed E-state index contributed by atoms with van der Waals surface area (Å²) in [7, 11) is -3.56. The molecule has 2 heterocycles. The maximum Gasteiger partial charge on any atom is 0.200 e. The van der Waals surface area contributed by atoms with E-state index in [2.05, 4.69) is 4.98 Å². The first-order valence-electron chi connectivity index (χ1n) is 7.08. The first-order chi connectivity index (χ1) is 10.2. The van der Waals surface area contributed by atoms with Crippen molar-refractivity contribution in [1.29, 1.82) is 0 Å². The van der Waals surface area contributed by atoms with Crippen LogP contribution >= 0.6 is 11.6 Å². The van der Waals surface area contributed by atoms with E-state index in [0.29, 0.717) is 24.6 Å². The summed E-state index contributed by atoms with van der Waals surface area (Å²) in [5.41, 5.74) is 0.448. The lowest BCUT2D eigenvalue weighted by Gasteiger charge is -2.25. The van der Waals surface area contributed by atoms with Crippen LogP contribution in [-0.4, -0.2) is 32.4 Å². The number of hydrogen-bond acceptors (Lipinski definition) is 5. The molecular formula is C15H18ClNO4S. The summed E-state index contributed by atoms with van der Waals surface area (Å²) in [6, 6.07) is 3.24. The van der Waals surface area contributed by atoms with Crippen LogP contribution in [0.1, 0.15) is 26.7 Å². The number of oxazole rings is 1. The zero-order chi connectivity index (χ0) is 16.1. The number of ether oxygens (including phenoxy) is 1. The molecule has 1 aliphatic heterocycles. The number of rotatable bonds is 3. The zero-order valence-corrected chi connectivity index (χ0v) is 14.3. The van der Waals surface area contributed by atoms with Crippen LogP contribution < -0.4 is 0 Å². The van der Waals surface area contributed by atoms with Gasteiger partial charge in [0.15, 0.2) is 15.4 Å². The standard InChI is InChI=1S/C15H18ClNO4S/c1-15(2,3)14-17-11-5-4-10(16)13(12(11)21-14)22(18,19)8-9-6-20-7-9/h4-5,9H,6-8H2,1-3H3. The number of fused-ring (bicyclic) bond motifs is 1. The molecule has 120 valence electrons. The molecule has 1 aliphatic rings. The van der Waals surface area contributed by atoms with Crippen molar-refractivity contribution in [3.8, 4) is 0 Å². The first-order valence-corrected chi connectivity index (χ1v) is 9.11. The van der Waals surface area contributed by atoms with Crippen molar-refractivity contribution in [3.63, 3.8) is 0 Å². The van der Waals surface area contributed by atoms with Crippen molar-refractivity contribution >= 4 is 32.5 Å². The predicted octanol–water partition coefficient (Wildman–Crippen LogP) is 3.20. The molecule has 0 N–H and O–H groups in total. The number of aromatic nitrogens is 1. The van der Waals surface area contributed by atoms with Crippen LogP contribution in [0.2, 0.25) is 5.02 Å². The van der Waals surface area contributed by atoms with Gasteiger partial charge in [-0.3, -0.25) is 0 Å². The lowest BCUT2D eigenvalue weighted by atomic mass is 9.97. The maximum absolute atomic E-state index is 12.7. The second-order valence-electron chi connectivity index (χ2n) is 6.68. The van der Waals surface area contributed by atoms with Crippen molar-refractivity contribution in [2.45, 2.75) is 31.1 Å². The summed E-state index contributed by atoms with van der Waals surface area (Å²) in [6.07, 6.45) is 0. The summed E-state index contributed by atoms with van der Waals surface area (Å²) in [6.45, 7) is 6.81. The number of halogens is 1. The van der Waals surface area contributed by atoms with Gasteiger partial charge in [0.2, 0.25) is 5.89 Å². The predicted molar refractivity (Wildman–Crippen MR) is 84.1 cm³/mol. The van der Waals surface area contributed by atoms with Crippen molar-refractivity contribution in [1.82, 2.24) is 4.98 Å². The molecule has 0 saturated carbocycles. The minimum atomic E-state index is -3.56. The van der Waals surface area contributed by atoms with Crippen LogP contribution in [0.15, 0.2) is 21.4 Å². The molecule has 1 aromatic heterocycles. The Morgan fingerprint density at radius 3 is 2.55 bits per heavy atom. The van der Waals surface area contributed by atoms with Gasteiger partial charge < -0.3 is 9.15 Å². The quantitative estimate of drug-likeness (QED) is 0.856. The molecule has 7 heteroatoms.